The lowest BCUT2D eigenvalue weighted by atomic mass is 10.00. The van der Waals surface area contributed by atoms with E-state index in [1.54, 1.807) is 29.8 Å². The van der Waals surface area contributed by atoms with Gasteiger partial charge in [0.25, 0.3) is 0 Å². The molecule has 158 valence electrons. The van der Waals surface area contributed by atoms with Crippen molar-refractivity contribution in [2.75, 3.05) is 18.4 Å². The topological polar surface area (TPSA) is 41.1 Å². The van der Waals surface area contributed by atoms with Crippen LogP contribution < -0.4 is 5.32 Å². The molecule has 1 aliphatic rings. The van der Waals surface area contributed by atoms with Gasteiger partial charge in [-0.1, -0.05) is 12.1 Å². The van der Waals surface area contributed by atoms with E-state index in [0.29, 0.717) is 6.04 Å². The normalized spacial score (nSPS) is 16.1. The second kappa shape index (κ2) is 10.0. The van der Waals surface area contributed by atoms with Crippen LogP contribution in [-0.4, -0.2) is 34.0 Å². The van der Waals surface area contributed by atoms with Gasteiger partial charge in [0, 0.05) is 30.1 Å². The highest BCUT2D eigenvalue weighted by molar-refractivity contribution is 7.18. The first-order valence-electron chi connectivity index (χ1n) is 9.49. The number of hydrogen-bond acceptors (Lipinski definition) is 5. The second-order valence-electron chi connectivity index (χ2n) is 7.37. The fraction of sp³-hybridized carbons (Fsp3) is 0.429. The Bertz CT molecular complexity index is 957. The zero-order valence-electron chi connectivity index (χ0n) is 16.8. The van der Waals surface area contributed by atoms with Crippen LogP contribution in [0.25, 0.3) is 10.2 Å². The largest absolute Gasteiger partial charge is 0.367 e. The number of fused-ring (bicyclic) bond motifs is 1. The first-order valence-corrected chi connectivity index (χ1v) is 10.3. The zero-order chi connectivity index (χ0) is 19.0. The van der Waals surface area contributed by atoms with E-state index in [1.165, 1.54) is 16.5 Å². The Morgan fingerprint density at radius 2 is 1.90 bits per heavy atom. The van der Waals surface area contributed by atoms with Crippen LogP contribution in [-0.2, 0) is 0 Å². The number of rotatable bonds is 4. The van der Waals surface area contributed by atoms with Crippen LogP contribution in [0.3, 0.4) is 0 Å². The van der Waals surface area contributed by atoms with Crippen LogP contribution in [0.15, 0.2) is 30.6 Å². The molecule has 3 aromatic rings. The van der Waals surface area contributed by atoms with Crippen LogP contribution in [0.5, 0.6) is 0 Å². The first-order chi connectivity index (χ1) is 13.0. The molecule has 1 aromatic carbocycles. The Morgan fingerprint density at radius 3 is 2.59 bits per heavy atom. The van der Waals surface area contributed by atoms with Crippen LogP contribution >= 0.6 is 36.2 Å². The Hall–Kier alpha value is -1.47. The Morgan fingerprint density at radius 1 is 1.17 bits per heavy atom. The van der Waals surface area contributed by atoms with Crippen molar-refractivity contribution in [3.8, 4) is 0 Å². The van der Waals surface area contributed by atoms with Crippen molar-refractivity contribution in [2.24, 2.45) is 0 Å². The van der Waals surface area contributed by atoms with Gasteiger partial charge in [-0.2, -0.15) is 0 Å². The number of aryl methyl sites for hydroxylation is 2. The number of thiophene rings is 1. The van der Waals surface area contributed by atoms with Gasteiger partial charge in [-0.25, -0.2) is 14.4 Å². The highest BCUT2D eigenvalue weighted by Crippen LogP contribution is 2.33. The highest BCUT2D eigenvalue weighted by Gasteiger charge is 2.24. The summed E-state index contributed by atoms with van der Waals surface area (Å²) < 4.78 is 13.5. The summed E-state index contributed by atoms with van der Waals surface area (Å²) in [5.41, 5.74) is 2.32. The number of piperidine rings is 1. The van der Waals surface area contributed by atoms with E-state index in [2.05, 4.69) is 41.0 Å². The summed E-state index contributed by atoms with van der Waals surface area (Å²) in [5, 5.41) is 4.82. The lowest BCUT2D eigenvalue weighted by Gasteiger charge is -2.36. The van der Waals surface area contributed by atoms with Gasteiger partial charge >= 0.3 is 0 Å². The van der Waals surface area contributed by atoms with E-state index in [-0.39, 0.29) is 36.7 Å². The molecular weight excluding hydrogens is 430 g/mol. The van der Waals surface area contributed by atoms with Crippen LogP contribution in [0.2, 0.25) is 0 Å². The number of halogens is 3. The molecule has 0 amide bonds. The highest BCUT2D eigenvalue weighted by atomic mass is 35.5. The zero-order valence-corrected chi connectivity index (χ0v) is 19.3. The molecule has 0 radical (unpaired) electrons. The number of anilines is 1. The quantitative estimate of drug-likeness (QED) is 0.528. The van der Waals surface area contributed by atoms with Crippen molar-refractivity contribution in [1.82, 2.24) is 14.9 Å². The molecule has 8 heteroatoms. The predicted octanol–water partition coefficient (Wildman–Crippen LogP) is 5.93. The number of benzene rings is 1. The van der Waals surface area contributed by atoms with Crippen molar-refractivity contribution in [3.63, 3.8) is 0 Å². The minimum Gasteiger partial charge on any atom is -0.367 e. The predicted molar refractivity (Wildman–Crippen MR) is 124 cm³/mol. The number of nitrogens with zero attached hydrogens (tertiary/aromatic N) is 3. The number of aromatic nitrogens is 2. The van der Waals surface area contributed by atoms with Gasteiger partial charge < -0.3 is 5.32 Å². The molecule has 29 heavy (non-hydrogen) atoms. The molecule has 1 N–H and O–H groups in total. The van der Waals surface area contributed by atoms with Crippen molar-refractivity contribution >= 4 is 52.2 Å². The average Bonchev–Trinajstić information content (AvgIpc) is 2.97. The fourth-order valence-corrected chi connectivity index (χ4v) is 4.89. The summed E-state index contributed by atoms with van der Waals surface area (Å²) in [6.07, 6.45) is 3.75. The lowest BCUT2D eigenvalue weighted by Crippen LogP contribution is -2.40. The van der Waals surface area contributed by atoms with E-state index < -0.39 is 0 Å². The molecule has 1 saturated heterocycles. The maximum Gasteiger partial charge on any atom is 0.138 e. The van der Waals surface area contributed by atoms with Crippen molar-refractivity contribution in [3.05, 3.63) is 52.4 Å². The van der Waals surface area contributed by atoms with Gasteiger partial charge in [-0.15, -0.1) is 36.2 Å². The van der Waals surface area contributed by atoms with Crippen molar-refractivity contribution < 1.29 is 4.39 Å². The minimum absolute atomic E-state index is 0. The maximum atomic E-state index is 13.5. The third-order valence-electron chi connectivity index (χ3n) is 5.71. The van der Waals surface area contributed by atoms with Crippen LogP contribution in [0.1, 0.15) is 41.8 Å². The second-order valence-corrected chi connectivity index (χ2v) is 8.57. The molecule has 4 nitrogen and oxygen atoms in total. The van der Waals surface area contributed by atoms with Crippen LogP contribution in [0.4, 0.5) is 10.2 Å². The monoisotopic (exact) mass is 456 g/mol. The van der Waals surface area contributed by atoms with Gasteiger partial charge in [0.2, 0.25) is 0 Å². The molecule has 0 bridgehead atoms. The van der Waals surface area contributed by atoms with Gasteiger partial charge in [-0.05, 0) is 56.9 Å². The number of hydrogen-bond donors (Lipinski definition) is 1. The summed E-state index contributed by atoms with van der Waals surface area (Å²) in [4.78, 5) is 13.7. The fourth-order valence-electron chi connectivity index (χ4n) is 3.89. The summed E-state index contributed by atoms with van der Waals surface area (Å²) >= 11 is 1.73. The molecule has 1 atom stereocenters. The first kappa shape index (κ1) is 23.8. The Balaban J connectivity index is 0.00000150. The molecule has 0 aliphatic carbocycles. The standard InChI is InChI=1S/C21H25FN4S.2ClH/c1-13-15(3)27-21-19(13)20(23-12-24-21)25-18-7-9-26(10-8-18)14(2)16-5-4-6-17(22)11-16;;/h4-6,11-12,14,18H,7-10H2,1-3H3,(H,23,24,25);2*1H. The summed E-state index contributed by atoms with van der Waals surface area (Å²) in [7, 11) is 0. The minimum atomic E-state index is -0.162. The smallest absolute Gasteiger partial charge is 0.138 e. The SMILES string of the molecule is Cc1sc2ncnc(NC3CCN(C(C)c4cccc(F)c4)CC3)c2c1C.Cl.Cl. The molecule has 1 fully saturated rings. The number of likely N-dealkylation sites (tertiary alicyclic amines) is 1. The van der Waals surface area contributed by atoms with Gasteiger partial charge in [0.1, 0.15) is 22.8 Å². The summed E-state index contributed by atoms with van der Waals surface area (Å²) in [6.45, 7) is 8.42. The van der Waals surface area contributed by atoms with E-state index in [0.717, 1.165) is 47.5 Å². The summed E-state index contributed by atoms with van der Waals surface area (Å²) in [5.74, 6) is 0.795. The molecule has 1 unspecified atom stereocenters. The molecule has 0 spiro atoms. The Kier molecular flexibility index (Phi) is 8.23. The third-order valence-corrected chi connectivity index (χ3v) is 6.83. The van der Waals surface area contributed by atoms with Gasteiger partial charge in [0.15, 0.2) is 0 Å². The molecule has 0 saturated carbocycles. The number of nitrogens with one attached hydrogen (secondary N) is 1. The molecule has 1 aliphatic heterocycles. The third kappa shape index (κ3) is 5.00. The van der Waals surface area contributed by atoms with Crippen molar-refractivity contribution in [2.45, 2.75) is 45.7 Å². The van der Waals surface area contributed by atoms with E-state index >= 15 is 0 Å². The molecule has 4 rings (SSSR count). The van der Waals surface area contributed by atoms with Gasteiger partial charge in [0.05, 0.1) is 5.39 Å². The van der Waals surface area contributed by atoms with E-state index in [9.17, 15) is 4.39 Å². The van der Waals surface area contributed by atoms with E-state index in [4.69, 9.17) is 0 Å². The molecule has 2 aromatic heterocycles. The van der Waals surface area contributed by atoms with Crippen molar-refractivity contribution in [1.29, 1.82) is 0 Å². The summed E-state index contributed by atoms with van der Waals surface area (Å²) in [6, 6.07) is 7.59. The van der Waals surface area contributed by atoms with Gasteiger partial charge in [-0.3, -0.25) is 4.90 Å². The lowest BCUT2D eigenvalue weighted by molar-refractivity contribution is 0.167. The van der Waals surface area contributed by atoms with Crippen LogP contribution in [0, 0.1) is 19.7 Å². The molecule has 3 heterocycles. The maximum absolute atomic E-state index is 13.5. The average molecular weight is 457 g/mol. The van der Waals surface area contributed by atoms with E-state index in [1.807, 2.05) is 6.07 Å². The molecular formula is C21H27Cl2FN4S. The Labute approximate surface area is 187 Å².